The van der Waals surface area contributed by atoms with E-state index in [1.165, 1.54) is 16.8 Å². The van der Waals surface area contributed by atoms with E-state index in [9.17, 15) is 13.2 Å². The summed E-state index contributed by atoms with van der Waals surface area (Å²) < 4.78 is 30.5. The second-order valence-corrected chi connectivity index (χ2v) is 7.87. The molecular formula is C16H17N5O4S. The molecule has 2 heterocycles. The molecular weight excluding hydrogens is 358 g/mol. The maximum absolute atomic E-state index is 12.2. The highest BCUT2D eigenvalue weighted by atomic mass is 32.2. The molecule has 0 atom stereocenters. The minimum absolute atomic E-state index is 0.0244. The number of rotatable bonds is 5. The average molecular weight is 375 g/mol. The Balaban J connectivity index is 1.78. The van der Waals surface area contributed by atoms with E-state index in [0.717, 1.165) is 0 Å². The van der Waals surface area contributed by atoms with Crippen LogP contribution < -0.4 is 5.32 Å². The molecule has 0 unspecified atom stereocenters. The molecule has 0 aliphatic rings. The zero-order chi connectivity index (χ0) is 18.9. The van der Waals surface area contributed by atoms with Crippen molar-refractivity contribution < 1.29 is 17.6 Å². The Bertz CT molecular complexity index is 1050. The van der Waals surface area contributed by atoms with Gasteiger partial charge in [-0.15, -0.1) is 5.10 Å². The highest BCUT2D eigenvalue weighted by molar-refractivity contribution is 7.91. The van der Waals surface area contributed by atoms with Crippen molar-refractivity contribution in [2.75, 3.05) is 11.1 Å². The number of benzene rings is 1. The second kappa shape index (κ2) is 6.71. The molecule has 0 fully saturated rings. The number of anilines is 1. The SMILES string of the molecule is CCS(=O)(=O)c1ccc(-c2nnc(NC(=O)c3cc(C)nn3C)o2)cc1. The number of hydrogen-bond acceptors (Lipinski definition) is 7. The van der Waals surface area contributed by atoms with E-state index < -0.39 is 15.7 Å². The fraction of sp³-hybridized carbons (Fsp3) is 0.250. The van der Waals surface area contributed by atoms with Gasteiger partial charge in [-0.3, -0.25) is 14.8 Å². The molecule has 0 aliphatic heterocycles. The summed E-state index contributed by atoms with van der Waals surface area (Å²) in [6.07, 6.45) is 0. The van der Waals surface area contributed by atoms with Crippen LogP contribution in [0.4, 0.5) is 6.01 Å². The van der Waals surface area contributed by atoms with Gasteiger partial charge in [0.05, 0.1) is 16.3 Å². The maximum Gasteiger partial charge on any atom is 0.322 e. The Kier molecular flexibility index (Phi) is 4.60. The number of aryl methyl sites for hydroxylation is 2. The molecule has 10 heteroatoms. The van der Waals surface area contributed by atoms with Gasteiger partial charge in [-0.05, 0) is 37.3 Å². The zero-order valence-corrected chi connectivity index (χ0v) is 15.2. The van der Waals surface area contributed by atoms with Gasteiger partial charge in [-0.2, -0.15) is 5.10 Å². The summed E-state index contributed by atoms with van der Waals surface area (Å²) in [5, 5.41) is 14.3. The Morgan fingerprint density at radius 3 is 2.50 bits per heavy atom. The predicted octanol–water partition coefficient (Wildman–Crippen LogP) is 1.82. The number of carbonyl (C=O) groups excluding carboxylic acids is 1. The van der Waals surface area contributed by atoms with Crippen LogP contribution in [0.2, 0.25) is 0 Å². The summed E-state index contributed by atoms with van der Waals surface area (Å²) in [7, 11) is -1.61. The quantitative estimate of drug-likeness (QED) is 0.722. The number of nitrogens with zero attached hydrogens (tertiary/aromatic N) is 4. The normalized spacial score (nSPS) is 11.5. The highest BCUT2D eigenvalue weighted by Crippen LogP contribution is 2.22. The van der Waals surface area contributed by atoms with Crippen molar-refractivity contribution in [1.82, 2.24) is 20.0 Å². The van der Waals surface area contributed by atoms with Crippen molar-refractivity contribution >= 4 is 21.8 Å². The number of nitrogens with one attached hydrogen (secondary N) is 1. The molecule has 1 amide bonds. The van der Waals surface area contributed by atoms with Gasteiger partial charge in [0, 0.05) is 12.6 Å². The maximum atomic E-state index is 12.2. The molecule has 0 aliphatic carbocycles. The van der Waals surface area contributed by atoms with Crippen LogP contribution >= 0.6 is 0 Å². The molecule has 0 saturated heterocycles. The van der Waals surface area contributed by atoms with E-state index in [-0.39, 0.29) is 22.6 Å². The predicted molar refractivity (Wildman–Crippen MR) is 93.4 cm³/mol. The smallest absolute Gasteiger partial charge is 0.322 e. The first-order valence-corrected chi connectivity index (χ1v) is 9.44. The van der Waals surface area contributed by atoms with Gasteiger partial charge >= 0.3 is 6.01 Å². The molecule has 1 aromatic carbocycles. The van der Waals surface area contributed by atoms with E-state index >= 15 is 0 Å². The van der Waals surface area contributed by atoms with E-state index in [1.54, 1.807) is 39.1 Å². The highest BCUT2D eigenvalue weighted by Gasteiger charge is 2.17. The van der Waals surface area contributed by atoms with Crippen LogP contribution in [-0.4, -0.2) is 40.1 Å². The van der Waals surface area contributed by atoms with Crippen molar-refractivity contribution in [3.8, 4) is 11.5 Å². The van der Waals surface area contributed by atoms with Crippen molar-refractivity contribution in [2.24, 2.45) is 7.05 Å². The van der Waals surface area contributed by atoms with Crippen LogP contribution in [0.15, 0.2) is 39.6 Å². The van der Waals surface area contributed by atoms with Crippen LogP contribution in [0.25, 0.3) is 11.5 Å². The third kappa shape index (κ3) is 3.49. The molecule has 0 bridgehead atoms. The number of carbonyl (C=O) groups is 1. The Labute approximate surface area is 150 Å². The van der Waals surface area contributed by atoms with Gasteiger partial charge in [0.15, 0.2) is 9.84 Å². The van der Waals surface area contributed by atoms with E-state index in [1.807, 2.05) is 0 Å². The summed E-state index contributed by atoms with van der Waals surface area (Å²) in [6, 6.07) is 7.69. The molecule has 1 N–H and O–H groups in total. The lowest BCUT2D eigenvalue weighted by molar-refractivity contribution is 0.101. The van der Waals surface area contributed by atoms with Gasteiger partial charge in [-0.1, -0.05) is 12.0 Å². The molecule has 3 aromatic rings. The number of sulfone groups is 1. The minimum atomic E-state index is -3.27. The van der Waals surface area contributed by atoms with E-state index in [2.05, 4.69) is 20.6 Å². The average Bonchev–Trinajstić information content (AvgIpc) is 3.21. The Hall–Kier alpha value is -3.01. The van der Waals surface area contributed by atoms with Gasteiger partial charge < -0.3 is 4.42 Å². The third-order valence-corrected chi connectivity index (χ3v) is 5.47. The van der Waals surface area contributed by atoms with Gasteiger partial charge in [-0.25, -0.2) is 8.42 Å². The van der Waals surface area contributed by atoms with Crippen LogP contribution in [-0.2, 0) is 16.9 Å². The fourth-order valence-electron chi connectivity index (χ4n) is 2.35. The van der Waals surface area contributed by atoms with Crippen molar-refractivity contribution in [1.29, 1.82) is 0 Å². The standard InChI is InChI=1S/C16H17N5O4S/c1-4-26(23,24)12-7-5-11(6-8-12)15-18-19-16(25-15)17-14(22)13-9-10(2)20-21(13)3/h5-9H,4H2,1-3H3,(H,17,19,22). The van der Waals surface area contributed by atoms with Crippen LogP contribution in [0, 0.1) is 6.92 Å². The molecule has 0 saturated carbocycles. The summed E-state index contributed by atoms with van der Waals surface area (Å²) >= 11 is 0. The van der Waals surface area contributed by atoms with Crippen molar-refractivity contribution in [3.63, 3.8) is 0 Å². The largest absolute Gasteiger partial charge is 0.403 e. The summed E-state index contributed by atoms with van der Waals surface area (Å²) in [5.74, 6) is -0.231. The lowest BCUT2D eigenvalue weighted by Crippen LogP contribution is -2.16. The topological polar surface area (TPSA) is 120 Å². The van der Waals surface area contributed by atoms with Crippen LogP contribution in [0.1, 0.15) is 23.1 Å². The number of aromatic nitrogens is 4. The summed E-state index contributed by atoms with van der Waals surface area (Å²) in [5.41, 5.74) is 1.62. The monoisotopic (exact) mass is 375 g/mol. The fourth-order valence-corrected chi connectivity index (χ4v) is 3.23. The van der Waals surface area contributed by atoms with Gasteiger partial charge in [0.25, 0.3) is 5.91 Å². The Morgan fingerprint density at radius 1 is 1.23 bits per heavy atom. The summed E-state index contributed by atoms with van der Waals surface area (Å²) in [6.45, 7) is 3.37. The molecule has 136 valence electrons. The Morgan fingerprint density at radius 2 is 1.92 bits per heavy atom. The summed E-state index contributed by atoms with van der Waals surface area (Å²) in [4.78, 5) is 12.4. The van der Waals surface area contributed by atoms with Gasteiger partial charge in [0.1, 0.15) is 5.69 Å². The van der Waals surface area contributed by atoms with Crippen molar-refractivity contribution in [2.45, 2.75) is 18.7 Å². The first kappa shape index (κ1) is 17.8. The number of amides is 1. The molecule has 2 aromatic heterocycles. The molecule has 9 nitrogen and oxygen atoms in total. The first-order chi connectivity index (χ1) is 12.3. The van der Waals surface area contributed by atoms with Crippen LogP contribution in [0.5, 0.6) is 0 Å². The number of hydrogen-bond donors (Lipinski definition) is 1. The van der Waals surface area contributed by atoms with Crippen molar-refractivity contribution in [3.05, 3.63) is 41.7 Å². The third-order valence-electron chi connectivity index (χ3n) is 3.72. The lowest BCUT2D eigenvalue weighted by Gasteiger charge is -2.02. The molecule has 3 rings (SSSR count). The van der Waals surface area contributed by atoms with Crippen LogP contribution in [0.3, 0.4) is 0 Å². The first-order valence-electron chi connectivity index (χ1n) is 7.79. The molecule has 26 heavy (non-hydrogen) atoms. The van der Waals surface area contributed by atoms with Gasteiger partial charge in [0.2, 0.25) is 5.89 Å². The lowest BCUT2D eigenvalue weighted by atomic mass is 10.2. The van der Waals surface area contributed by atoms with E-state index in [4.69, 9.17) is 4.42 Å². The van der Waals surface area contributed by atoms with E-state index in [0.29, 0.717) is 17.0 Å². The minimum Gasteiger partial charge on any atom is -0.403 e. The molecule has 0 radical (unpaired) electrons. The molecule has 0 spiro atoms. The second-order valence-electron chi connectivity index (χ2n) is 5.59. The zero-order valence-electron chi connectivity index (χ0n) is 14.4.